The average Bonchev–Trinajstić information content (AvgIpc) is 3.20. The lowest BCUT2D eigenvalue weighted by atomic mass is 10.0. The van der Waals surface area contributed by atoms with E-state index < -0.39 is 6.10 Å². The van der Waals surface area contributed by atoms with Crippen molar-refractivity contribution >= 4 is 11.4 Å². The van der Waals surface area contributed by atoms with Crippen molar-refractivity contribution in [1.82, 2.24) is 14.3 Å². The molecular formula is C18H16FN3O2. The van der Waals surface area contributed by atoms with Crippen LogP contribution in [0.25, 0.3) is 5.52 Å². The number of halogens is 1. The van der Waals surface area contributed by atoms with Crippen LogP contribution in [0.15, 0.2) is 55.1 Å². The Morgan fingerprint density at radius 2 is 2.00 bits per heavy atom. The predicted molar refractivity (Wildman–Crippen MR) is 86.0 cm³/mol. The first-order chi connectivity index (χ1) is 11.6. The van der Waals surface area contributed by atoms with Crippen molar-refractivity contribution in [2.45, 2.75) is 18.6 Å². The lowest BCUT2D eigenvalue weighted by Crippen LogP contribution is -2.32. The zero-order valence-corrected chi connectivity index (χ0v) is 12.8. The van der Waals surface area contributed by atoms with Crippen molar-refractivity contribution < 1.29 is 14.3 Å². The monoisotopic (exact) mass is 325 g/mol. The van der Waals surface area contributed by atoms with Crippen LogP contribution >= 0.6 is 0 Å². The highest BCUT2D eigenvalue weighted by Gasteiger charge is 2.35. The maximum absolute atomic E-state index is 13.2. The van der Waals surface area contributed by atoms with Crippen molar-refractivity contribution in [1.29, 1.82) is 0 Å². The van der Waals surface area contributed by atoms with Gasteiger partial charge in [-0.05, 0) is 36.2 Å². The molecule has 1 fully saturated rings. The number of amides is 1. The van der Waals surface area contributed by atoms with Gasteiger partial charge in [0, 0.05) is 12.7 Å². The Labute approximate surface area is 138 Å². The largest absolute Gasteiger partial charge is 0.391 e. The van der Waals surface area contributed by atoms with Gasteiger partial charge in [-0.15, -0.1) is 0 Å². The van der Waals surface area contributed by atoms with Gasteiger partial charge in [-0.1, -0.05) is 12.1 Å². The van der Waals surface area contributed by atoms with Crippen LogP contribution in [0.5, 0.6) is 0 Å². The number of likely N-dealkylation sites (tertiary alicyclic amines) is 1. The maximum Gasteiger partial charge on any atom is 0.255 e. The Morgan fingerprint density at radius 3 is 2.79 bits per heavy atom. The number of aliphatic hydroxyl groups excluding tert-OH is 1. The third-order valence-corrected chi connectivity index (χ3v) is 4.45. The number of benzene rings is 1. The van der Waals surface area contributed by atoms with Gasteiger partial charge in [-0.2, -0.15) is 0 Å². The topological polar surface area (TPSA) is 57.8 Å². The van der Waals surface area contributed by atoms with Crippen molar-refractivity contribution in [3.05, 3.63) is 72.1 Å². The van der Waals surface area contributed by atoms with Gasteiger partial charge in [0.2, 0.25) is 0 Å². The summed E-state index contributed by atoms with van der Waals surface area (Å²) < 4.78 is 14.9. The lowest BCUT2D eigenvalue weighted by molar-refractivity contribution is 0.0715. The molecule has 24 heavy (non-hydrogen) atoms. The number of carbonyl (C=O) groups excluding carboxylic acids is 1. The highest BCUT2D eigenvalue weighted by Crippen LogP contribution is 2.33. The number of aliphatic hydroxyl groups is 1. The average molecular weight is 325 g/mol. The molecule has 0 spiro atoms. The number of pyridine rings is 1. The van der Waals surface area contributed by atoms with Crippen LogP contribution in [0, 0.1) is 5.82 Å². The molecular weight excluding hydrogens is 309 g/mol. The molecule has 3 aromatic rings. The summed E-state index contributed by atoms with van der Waals surface area (Å²) in [5, 5.41) is 10.0. The number of fused-ring (bicyclic) bond motifs is 1. The van der Waals surface area contributed by atoms with E-state index in [0.29, 0.717) is 12.0 Å². The van der Waals surface area contributed by atoms with E-state index in [1.807, 2.05) is 6.07 Å². The SMILES string of the molecule is O=C(c1ccc2cncn2c1)N1C[C@@H](O)C[C@H]1c1ccc(F)cc1. The van der Waals surface area contributed by atoms with Crippen LogP contribution < -0.4 is 0 Å². The summed E-state index contributed by atoms with van der Waals surface area (Å²) in [6, 6.07) is 9.41. The van der Waals surface area contributed by atoms with Gasteiger partial charge in [0.1, 0.15) is 5.82 Å². The summed E-state index contributed by atoms with van der Waals surface area (Å²) in [6.45, 7) is 0.267. The first kappa shape index (κ1) is 14.8. The quantitative estimate of drug-likeness (QED) is 0.787. The molecule has 5 nitrogen and oxygen atoms in total. The first-order valence-electron chi connectivity index (χ1n) is 7.78. The highest BCUT2D eigenvalue weighted by molar-refractivity contribution is 5.94. The van der Waals surface area contributed by atoms with E-state index in [9.17, 15) is 14.3 Å². The van der Waals surface area contributed by atoms with Crippen LogP contribution in [-0.4, -0.2) is 37.9 Å². The minimum Gasteiger partial charge on any atom is -0.391 e. The Balaban J connectivity index is 1.67. The van der Waals surface area contributed by atoms with Crippen LogP contribution in [0.4, 0.5) is 4.39 Å². The number of nitrogens with zero attached hydrogens (tertiary/aromatic N) is 3. The van der Waals surface area contributed by atoms with Crippen molar-refractivity contribution in [3.63, 3.8) is 0 Å². The molecule has 4 rings (SSSR count). The van der Waals surface area contributed by atoms with Crippen LogP contribution in [0.1, 0.15) is 28.4 Å². The first-order valence-corrected chi connectivity index (χ1v) is 7.78. The Hall–Kier alpha value is -2.73. The molecule has 2 aromatic heterocycles. The van der Waals surface area contributed by atoms with Gasteiger partial charge in [0.15, 0.2) is 0 Å². The van der Waals surface area contributed by atoms with E-state index in [0.717, 1.165) is 11.1 Å². The lowest BCUT2D eigenvalue weighted by Gasteiger charge is -2.25. The number of aromatic nitrogens is 2. The summed E-state index contributed by atoms with van der Waals surface area (Å²) in [5.74, 6) is -0.475. The van der Waals surface area contributed by atoms with Crippen molar-refractivity contribution in [2.24, 2.45) is 0 Å². The number of β-amino-alcohol motifs (C(OH)–C–C–N with tert-alkyl or cyclic N) is 1. The van der Waals surface area contributed by atoms with Crippen molar-refractivity contribution in [3.8, 4) is 0 Å². The van der Waals surface area contributed by atoms with E-state index in [4.69, 9.17) is 0 Å². The van der Waals surface area contributed by atoms with Gasteiger partial charge in [0.25, 0.3) is 5.91 Å². The van der Waals surface area contributed by atoms with Gasteiger partial charge in [-0.3, -0.25) is 4.79 Å². The third-order valence-electron chi connectivity index (χ3n) is 4.45. The van der Waals surface area contributed by atoms with Crippen LogP contribution in [0.2, 0.25) is 0 Å². The molecule has 0 aliphatic carbocycles. The predicted octanol–water partition coefficient (Wildman–Crippen LogP) is 2.42. The Morgan fingerprint density at radius 1 is 1.21 bits per heavy atom. The standard InChI is InChI=1S/C18H16FN3O2/c19-14-4-1-12(2-5-14)17-7-16(23)10-22(17)18(24)13-3-6-15-8-20-11-21(15)9-13/h1-6,8-9,11,16-17,23H,7,10H2/t16-,17-/m0/s1. The highest BCUT2D eigenvalue weighted by atomic mass is 19.1. The molecule has 1 aromatic carbocycles. The molecule has 1 N–H and O–H groups in total. The summed E-state index contributed by atoms with van der Waals surface area (Å²) >= 11 is 0. The molecule has 0 bridgehead atoms. The van der Waals surface area contributed by atoms with Crippen LogP contribution in [-0.2, 0) is 0 Å². The second-order valence-electron chi connectivity index (χ2n) is 6.06. The van der Waals surface area contributed by atoms with Gasteiger partial charge < -0.3 is 14.4 Å². The van der Waals surface area contributed by atoms with Gasteiger partial charge in [0.05, 0.1) is 35.8 Å². The fourth-order valence-electron chi connectivity index (χ4n) is 3.25. The molecule has 0 unspecified atom stereocenters. The van der Waals surface area contributed by atoms with E-state index in [1.54, 1.807) is 46.2 Å². The number of rotatable bonds is 2. The second-order valence-corrected chi connectivity index (χ2v) is 6.06. The molecule has 1 saturated heterocycles. The minimum absolute atomic E-state index is 0.156. The number of imidazole rings is 1. The van der Waals surface area contributed by atoms with Crippen molar-refractivity contribution in [2.75, 3.05) is 6.54 Å². The molecule has 1 aliphatic heterocycles. The number of hydrogen-bond donors (Lipinski definition) is 1. The normalized spacial score (nSPS) is 20.7. The summed E-state index contributed by atoms with van der Waals surface area (Å²) in [4.78, 5) is 18.6. The zero-order chi connectivity index (χ0) is 16.7. The van der Waals surface area contributed by atoms with Crippen LogP contribution in [0.3, 0.4) is 0 Å². The number of hydrogen-bond acceptors (Lipinski definition) is 3. The van der Waals surface area contributed by atoms with Gasteiger partial charge >= 0.3 is 0 Å². The van der Waals surface area contributed by atoms with E-state index >= 15 is 0 Å². The Kier molecular flexibility index (Phi) is 3.54. The molecule has 3 heterocycles. The zero-order valence-electron chi connectivity index (χ0n) is 12.8. The fourth-order valence-corrected chi connectivity index (χ4v) is 3.25. The fraction of sp³-hybridized carbons (Fsp3) is 0.222. The number of carbonyl (C=O) groups is 1. The van der Waals surface area contributed by atoms with Gasteiger partial charge in [-0.25, -0.2) is 9.37 Å². The van der Waals surface area contributed by atoms with E-state index in [2.05, 4.69) is 4.98 Å². The smallest absolute Gasteiger partial charge is 0.255 e. The second kappa shape index (κ2) is 5.72. The maximum atomic E-state index is 13.2. The molecule has 122 valence electrons. The summed E-state index contributed by atoms with van der Waals surface area (Å²) in [7, 11) is 0. The molecule has 2 atom stereocenters. The molecule has 1 aliphatic rings. The molecule has 0 radical (unpaired) electrons. The molecule has 6 heteroatoms. The molecule has 0 saturated carbocycles. The van der Waals surface area contributed by atoms with E-state index in [-0.39, 0.29) is 24.3 Å². The summed E-state index contributed by atoms with van der Waals surface area (Å²) in [6.07, 6.45) is 4.96. The Bertz CT molecular complexity index is 891. The minimum atomic E-state index is -0.582. The van der Waals surface area contributed by atoms with E-state index in [1.165, 1.54) is 12.1 Å². The molecule has 1 amide bonds. The summed E-state index contributed by atoms with van der Waals surface area (Å²) in [5.41, 5.74) is 2.26. The third kappa shape index (κ3) is 2.55.